The normalized spacial score (nSPS) is 10.4. The van der Waals surface area contributed by atoms with Gasteiger partial charge in [0, 0.05) is 10.9 Å². The van der Waals surface area contributed by atoms with Gasteiger partial charge < -0.3 is 9.47 Å². The van der Waals surface area contributed by atoms with Crippen LogP contribution in [0.15, 0.2) is 66.7 Å². The number of Topliss-reactive ketones (excluding diaryl/α,β-unsaturated/α-hetero) is 1. The van der Waals surface area contributed by atoms with Crippen molar-refractivity contribution in [1.29, 1.82) is 0 Å². The zero-order valence-corrected chi connectivity index (χ0v) is 13.9. The molecule has 0 atom stereocenters. The molecule has 4 nitrogen and oxygen atoms in total. The SMILES string of the molecule is CC(=O)c1ccc(C(=O)OCCOc2cccc3ccccc23)cc1. The molecule has 0 saturated heterocycles. The molecular formula is C21H18O4. The van der Waals surface area contributed by atoms with Crippen LogP contribution >= 0.6 is 0 Å². The first-order valence-corrected chi connectivity index (χ1v) is 8.04. The lowest BCUT2D eigenvalue weighted by Gasteiger charge is -2.10. The molecule has 3 aromatic carbocycles. The van der Waals surface area contributed by atoms with E-state index in [-0.39, 0.29) is 19.0 Å². The van der Waals surface area contributed by atoms with Gasteiger partial charge in [-0.05, 0) is 30.5 Å². The van der Waals surface area contributed by atoms with Crippen molar-refractivity contribution in [3.8, 4) is 5.75 Å². The van der Waals surface area contributed by atoms with Crippen LogP contribution in [0.2, 0.25) is 0 Å². The second-order valence-electron chi connectivity index (χ2n) is 5.60. The summed E-state index contributed by atoms with van der Waals surface area (Å²) in [6, 6.07) is 20.2. The van der Waals surface area contributed by atoms with Crippen molar-refractivity contribution in [1.82, 2.24) is 0 Å². The van der Waals surface area contributed by atoms with Crippen LogP contribution in [-0.2, 0) is 4.74 Å². The molecule has 0 bridgehead atoms. The summed E-state index contributed by atoms with van der Waals surface area (Å²) < 4.78 is 10.9. The van der Waals surface area contributed by atoms with Gasteiger partial charge in [0.2, 0.25) is 0 Å². The number of carbonyl (C=O) groups is 2. The average Bonchev–Trinajstić information content (AvgIpc) is 2.65. The first kappa shape index (κ1) is 16.7. The van der Waals surface area contributed by atoms with Crippen LogP contribution in [0.1, 0.15) is 27.6 Å². The second-order valence-corrected chi connectivity index (χ2v) is 5.60. The van der Waals surface area contributed by atoms with Crippen molar-refractivity contribution in [3.05, 3.63) is 77.9 Å². The molecule has 4 heteroatoms. The molecule has 0 aliphatic rings. The van der Waals surface area contributed by atoms with Gasteiger partial charge in [-0.15, -0.1) is 0 Å². The van der Waals surface area contributed by atoms with E-state index in [2.05, 4.69) is 0 Å². The third kappa shape index (κ3) is 4.04. The van der Waals surface area contributed by atoms with Crippen molar-refractivity contribution >= 4 is 22.5 Å². The second kappa shape index (κ2) is 7.62. The maximum atomic E-state index is 12.0. The number of ether oxygens (including phenoxy) is 2. The molecule has 3 aromatic rings. The molecule has 0 fully saturated rings. The van der Waals surface area contributed by atoms with Crippen LogP contribution < -0.4 is 4.74 Å². The van der Waals surface area contributed by atoms with Crippen molar-refractivity contribution in [2.45, 2.75) is 6.92 Å². The summed E-state index contributed by atoms with van der Waals surface area (Å²) in [4.78, 5) is 23.2. The van der Waals surface area contributed by atoms with Crippen molar-refractivity contribution in [2.75, 3.05) is 13.2 Å². The summed E-state index contributed by atoms with van der Waals surface area (Å²) in [7, 11) is 0. The van der Waals surface area contributed by atoms with Crippen molar-refractivity contribution in [3.63, 3.8) is 0 Å². The highest BCUT2D eigenvalue weighted by Crippen LogP contribution is 2.24. The number of hydrogen-bond donors (Lipinski definition) is 0. The van der Waals surface area contributed by atoms with E-state index in [0.717, 1.165) is 16.5 Å². The van der Waals surface area contributed by atoms with E-state index in [1.165, 1.54) is 6.92 Å². The maximum absolute atomic E-state index is 12.0. The molecule has 0 N–H and O–H groups in total. The monoisotopic (exact) mass is 334 g/mol. The largest absolute Gasteiger partial charge is 0.489 e. The molecular weight excluding hydrogens is 316 g/mol. The summed E-state index contributed by atoms with van der Waals surface area (Å²) in [5.41, 5.74) is 0.978. The van der Waals surface area contributed by atoms with Gasteiger partial charge in [-0.2, -0.15) is 0 Å². The van der Waals surface area contributed by atoms with E-state index in [4.69, 9.17) is 9.47 Å². The molecule has 0 aromatic heterocycles. The quantitative estimate of drug-likeness (QED) is 0.384. The molecule has 0 aliphatic carbocycles. The Bertz CT molecular complexity index is 892. The van der Waals surface area contributed by atoms with Gasteiger partial charge in [-0.1, -0.05) is 48.5 Å². The molecule has 126 valence electrons. The molecule has 0 saturated carbocycles. The molecule has 3 rings (SSSR count). The van der Waals surface area contributed by atoms with E-state index < -0.39 is 5.97 Å². The lowest BCUT2D eigenvalue weighted by Crippen LogP contribution is -2.12. The molecule has 25 heavy (non-hydrogen) atoms. The number of fused-ring (bicyclic) bond motifs is 1. The van der Waals surface area contributed by atoms with Crippen LogP contribution in [0.5, 0.6) is 5.75 Å². The average molecular weight is 334 g/mol. The van der Waals surface area contributed by atoms with Crippen molar-refractivity contribution < 1.29 is 19.1 Å². The third-order valence-electron chi connectivity index (χ3n) is 3.85. The molecule has 0 heterocycles. The Balaban J connectivity index is 1.54. The van der Waals surface area contributed by atoms with Gasteiger partial charge in [-0.3, -0.25) is 4.79 Å². The lowest BCUT2D eigenvalue weighted by molar-refractivity contribution is 0.0451. The van der Waals surface area contributed by atoms with Gasteiger partial charge in [0.25, 0.3) is 0 Å². The number of carbonyl (C=O) groups excluding carboxylic acids is 2. The highest BCUT2D eigenvalue weighted by atomic mass is 16.6. The Morgan fingerprint density at radius 3 is 2.24 bits per heavy atom. The zero-order valence-electron chi connectivity index (χ0n) is 13.9. The lowest BCUT2D eigenvalue weighted by atomic mass is 10.1. The van der Waals surface area contributed by atoms with Crippen LogP contribution in [0, 0.1) is 0 Å². The molecule has 0 amide bonds. The van der Waals surface area contributed by atoms with E-state index in [0.29, 0.717) is 11.1 Å². The Kier molecular flexibility index (Phi) is 5.09. The van der Waals surface area contributed by atoms with Gasteiger partial charge >= 0.3 is 5.97 Å². The highest BCUT2D eigenvalue weighted by molar-refractivity contribution is 5.96. The van der Waals surface area contributed by atoms with Gasteiger partial charge in [0.1, 0.15) is 19.0 Å². The summed E-state index contributed by atoms with van der Waals surface area (Å²) >= 11 is 0. The standard InChI is InChI=1S/C21H18O4/c1-15(22)16-9-11-18(12-10-16)21(23)25-14-13-24-20-8-4-6-17-5-2-3-7-19(17)20/h2-12H,13-14H2,1H3. The van der Waals surface area contributed by atoms with E-state index in [9.17, 15) is 9.59 Å². The molecule has 0 radical (unpaired) electrons. The Labute approximate surface area is 146 Å². The summed E-state index contributed by atoms with van der Waals surface area (Å²) in [6.07, 6.45) is 0. The number of esters is 1. The Morgan fingerprint density at radius 2 is 1.48 bits per heavy atom. The number of hydrogen-bond acceptors (Lipinski definition) is 4. The molecule has 0 unspecified atom stereocenters. The van der Waals surface area contributed by atoms with Gasteiger partial charge in [0.05, 0.1) is 5.56 Å². The number of ketones is 1. The van der Waals surface area contributed by atoms with Crippen LogP contribution in [0.3, 0.4) is 0 Å². The fourth-order valence-corrected chi connectivity index (χ4v) is 2.53. The maximum Gasteiger partial charge on any atom is 0.338 e. The first-order chi connectivity index (χ1) is 12.1. The van der Waals surface area contributed by atoms with E-state index in [1.807, 2.05) is 42.5 Å². The Morgan fingerprint density at radius 1 is 0.800 bits per heavy atom. The summed E-state index contributed by atoms with van der Waals surface area (Å²) in [6.45, 7) is 1.90. The van der Waals surface area contributed by atoms with Crippen molar-refractivity contribution in [2.24, 2.45) is 0 Å². The first-order valence-electron chi connectivity index (χ1n) is 8.04. The minimum absolute atomic E-state index is 0.0385. The third-order valence-corrected chi connectivity index (χ3v) is 3.85. The smallest absolute Gasteiger partial charge is 0.338 e. The van der Waals surface area contributed by atoms with Gasteiger partial charge in [0.15, 0.2) is 5.78 Å². The van der Waals surface area contributed by atoms with Gasteiger partial charge in [-0.25, -0.2) is 4.79 Å². The summed E-state index contributed by atoms with van der Waals surface area (Å²) in [5, 5.41) is 2.12. The molecule has 0 spiro atoms. The predicted octanol–water partition coefficient (Wildman–Crippen LogP) is 4.28. The minimum atomic E-state index is -0.434. The fraction of sp³-hybridized carbons (Fsp3) is 0.143. The Hall–Kier alpha value is -3.14. The zero-order chi connectivity index (χ0) is 17.6. The topological polar surface area (TPSA) is 52.6 Å². The number of benzene rings is 3. The predicted molar refractivity (Wildman–Crippen MR) is 96.2 cm³/mol. The van der Waals surface area contributed by atoms with E-state index >= 15 is 0 Å². The van der Waals surface area contributed by atoms with Crippen LogP contribution in [-0.4, -0.2) is 25.0 Å². The summed E-state index contributed by atoms with van der Waals surface area (Å²) in [5.74, 6) is 0.292. The molecule has 0 aliphatic heterocycles. The van der Waals surface area contributed by atoms with Crippen LogP contribution in [0.25, 0.3) is 10.8 Å². The van der Waals surface area contributed by atoms with E-state index in [1.54, 1.807) is 24.3 Å². The fourth-order valence-electron chi connectivity index (χ4n) is 2.53. The highest BCUT2D eigenvalue weighted by Gasteiger charge is 2.08. The number of rotatable bonds is 6. The minimum Gasteiger partial charge on any atom is -0.489 e. The van der Waals surface area contributed by atoms with Crippen LogP contribution in [0.4, 0.5) is 0 Å².